The third kappa shape index (κ3) is 7.03. The second kappa shape index (κ2) is 12.1. The van der Waals surface area contributed by atoms with E-state index in [9.17, 15) is 15.0 Å². The summed E-state index contributed by atoms with van der Waals surface area (Å²) in [5.74, 6) is 0.873. The Bertz CT molecular complexity index is 867. The van der Waals surface area contributed by atoms with Crippen LogP contribution in [0.5, 0.6) is 0 Å². The van der Waals surface area contributed by atoms with Crippen LogP contribution in [0, 0.1) is 24.7 Å². The number of ether oxygens (including phenoxy) is 1. The normalized spacial score (nSPS) is 25.3. The second-order valence-corrected chi connectivity index (χ2v) is 10.7. The van der Waals surface area contributed by atoms with E-state index in [1.165, 1.54) is 11.1 Å². The monoisotopic (exact) mass is 469 g/mol. The summed E-state index contributed by atoms with van der Waals surface area (Å²) < 4.78 is 5.72. The van der Waals surface area contributed by atoms with E-state index in [-0.39, 0.29) is 36.6 Å². The molecule has 0 heterocycles. The van der Waals surface area contributed by atoms with Crippen molar-refractivity contribution in [1.29, 1.82) is 0 Å². The molecule has 1 aromatic rings. The van der Waals surface area contributed by atoms with Crippen LogP contribution in [0.15, 0.2) is 48.1 Å². The Hall–Kier alpha value is -1.95. The highest BCUT2D eigenvalue weighted by Crippen LogP contribution is 2.47. The van der Waals surface area contributed by atoms with Crippen LogP contribution in [0.25, 0.3) is 0 Å². The molecule has 2 aliphatic carbocycles. The summed E-state index contributed by atoms with van der Waals surface area (Å²) >= 11 is 0. The highest BCUT2D eigenvalue weighted by atomic mass is 16.5. The van der Waals surface area contributed by atoms with Gasteiger partial charge in [0.25, 0.3) is 0 Å². The Morgan fingerprint density at radius 3 is 2.65 bits per heavy atom. The van der Waals surface area contributed by atoms with E-state index in [1.54, 1.807) is 0 Å². The first-order valence-electron chi connectivity index (χ1n) is 12.8. The first kappa shape index (κ1) is 26.7. The van der Waals surface area contributed by atoms with Gasteiger partial charge in [0, 0.05) is 24.4 Å². The van der Waals surface area contributed by atoms with Gasteiger partial charge in [0.2, 0.25) is 5.91 Å². The molecule has 2 N–H and O–H groups in total. The van der Waals surface area contributed by atoms with Gasteiger partial charge >= 0.3 is 0 Å². The largest absolute Gasteiger partial charge is 0.392 e. The number of amides is 1. The van der Waals surface area contributed by atoms with Crippen molar-refractivity contribution in [3.8, 4) is 0 Å². The number of hydrogen-bond donors (Lipinski definition) is 2. The van der Waals surface area contributed by atoms with Gasteiger partial charge in [0.1, 0.15) is 6.61 Å². The van der Waals surface area contributed by atoms with Crippen LogP contribution < -0.4 is 0 Å². The van der Waals surface area contributed by atoms with Gasteiger partial charge in [-0.3, -0.25) is 4.79 Å². The molecule has 0 aromatic heterocycles. The molecule has 3 rings (SSSR count). The molecule has 0 spiro atoms. The third-order valence-corrected chi connectivity index (χ3v) is 7.23. The maximum absolute atomic E-state index is 12.5. The Balaban J connectivity index is 1.45. The number of aryl methyl sites for hydroxylation is 1. The highest BCUT2D eigenvalue weighted by Gasteiger charge is 2.43. The van der Waals surface area contributed by atoms with E-state index in [0.717, 1.165) is 24.8 Å². The summed E-state index contributed by atoms with van der Waals surface area (Å²) in [6.07, 6.45) is 8.43. The molecule has 0 radical (unpaired) electrons. The van der Waals surface area contributed by atoms with E-state index < -0.39 is 6.10 Å². The van der Waals surface area contributed by atoms with Gasteiger partial charge in [0.15, 0.2) is 0 Å². The van der Waals surface area contributed by atoms with Gasteiger partial charge < -0.3 is 19.8 Å². The lowest BCUT2D eigenvalue weighted by Gasteiger charge is -2.30. The van der Waals surface area contributed by atoms with E-state index >= 15 is 0 Å². The molecule has 0 bridgehead atoms. The van der Waals surface area contributed by atoms with Gasteiger partial charge in [-0.15, -0.1) is 0 Å². The Morgan fingerprint density at radius 2 is 1.97 bits per heavy atom. The zero-order chi connectivity index (χ0) is 24.8. The van der Waals surface area contributed by atoms with E-state index in [1.807, 2.05) is 56.9 Å². The van der Waals surface area contributed by atoms with Gasteiger partial charge in [-0.1, -0.05) is 53.6 Å². The minimum atomic E-state index is -0.552. The minimum Gasteiger partial charge on any atom is -0.392 e. The van der Waals surface area contributed by atoms with Crippen molar-refractivity contribution in [3.63, 3.8) is 0 Å². The first-order valence-corrected chi connectivity index (χ1v) is 12.8. The lowest BCUT2D eigenvalue weighted by molar-refractivity contribution is -0.139. The lowest BCUT2D eigenvalue weighted by atomic mass is 9.88. The molecule has 0 unspecified atom stereocenters. The average molecular weight is 470 g/mol. The van der Waals surface area contributed by atoms with Crippen molar-refractivity contribution < 1.29 is 19.7 Å². The summed E-state index contributed by atoms with van der Waals surface area (Å²) in [6.45, 7) is 10.8. The quantitative estimate of drug-likeness (QED) is 0.371. The summed E-state index contributed by atoms with van der Waals surface area (Å²) in [4.78, 5) is 14.3. The van der Waals surface area contributed by atoms with Gasteiger partial charge in [0.05, 0.1) is 18.8 Å². The molecule has 1 fully saturated rings. The molecule has 1 saturated carbocycles. The number of benzene rings is 1. The molecule has 5 nitrogen and oxygen atoms in total. The predicted octanol–water partition coefficient (Wildman–Crippen LogP) is 4.45. The fourth-order valence-corrected chi connectivity index (χ4v) is 5.81. The fraction of sp³-hybridized carbons (Fsp3) is 0.621. The number of aliphatic hydroxyl groups is 2. The molecule has 5 heteroatoms. The SMILES string of the molecule is Cc1cccc(C[C@H](O)C=C[C@@H]2[C@H]3CC(CCOCC(=O)N(C(C)C)C(C)C)=C[C@H]3C[C@H]2O)c1. The van der Waals surface area contributed by atoms with Gasteiger partial charge in [-0.05, 0) is 71.3 Å². The van der Waals surface area contributed by atoms with Crippen LogP contribution in [0.1, 0.15) is 58.1 Å². The molecular formula is C29H43NO4. The molecule has 5 atom stereocenters. The van der Waals surface area contributed by atoms with Crippen molar-refractivity contribution >= 4 is 5.91 Å². The minimum absolute atomic E-state index is 0.0415. The molecule has 0 aliphatic heterocycles. The molecule has 2 aliphatic rings. The van der Waals surface area contributed by atoms with Crippen molar-refractivity contribution in [2.24, 2.45) is 17.8 Å². The van der Waals surface area contributed by atoms with Crippen LogP contribution in [0.3, 0.4) is 0 Å². The molecular weight excluding hydrogens is 426 g/mol. The number of aliphatic hydroxyl groups excluding tert-OH is 2. The van der Waals surface area contributed by atoms with Gasteiger partial charge in [-0.2, -0.15) is 0 Å². The maximum Gasteiger partial charge on any atom is 0.249 e. The van der Waals surface area contributed by atoms with Crippen LogP contribution in [-0.4, -0.2) is 58.5 Å². The number of allylic oxidation sites excluding steroid dienone is 1. The van der Waals surface area contributed by atoms with E-state index in [0.29, 0.717) is 24.9 Å². The average Bonchev–Trinajstić information content (AvgIpc) is 3.25. The van der Waals surface area contributed by atoms with Crippen LogP contribution in [-0.2, 0) is 16.0 Å². The smallest absolute Gasteiger partial charge is 0.249 e. The summed E-state index contributed by atoms with van der Waals surface area (Å²) in [5.41, 5.74) is 3.67. The number of rotatable bonds is 11. The van der Waals surface area contributed by atoms with Gasteiger partial charge in [-0.25, -0.2) is 0 Å². The first-order chi connectivity index (χ1) is 16.2. The van der Waals surface area contributed by atoms with Crippen molar-refractivity contribution in [2.75, 3.05) is 13.2 Å². The summed E-state index contributed by atoms with van der Waals surface area (Å²) in [6, 6.07) is 8.54. The molecule has 0 saturated heterocycles. The number of carbonyl (C=O) groups is 1. The molecule has 34 heavy (non-hydrogen) atoms. The van der Waals surface area contributed by atoms with Crippen LogP contribution in [0.4, 0.5) is 0 Å². The maximum atomic E-state index is 12.5. The zero-order valence-corrected chi connectivity index (χ0v) is 21.5. The number of carbonyl (C=O) groups excluding carboxylic acids is 1. The van der Waals surface area contributed by atoms with Crippen LogP contribution >= 0.6 is 0 Å². The van der Waals surface area contributed by atoms with Crippen LogP contribution in [0.2, 0.25) is 0 Å². The number of fused-ring (bicyclic) bond motifs is 1. The van der Waals surface area contributed by atoms with Crippen molar-refractivity contribution in [1.82, 2.24) is 4.90 Å². The van der Waals surface area contributed by atoms with E-state index in [2.05, 4.69) is 25.1 Å². The summed E-state index contributed by atoms with van der Waals surface area (Å²) in [7, 11) is 0. The molecule has 1 amide bonds. The summed E-state index contributed by atoms with van der Waals surface area (Å²) in [5, 5.41) is 21.1. The zero-order valence-electron chi connectivity index (χ0n) is 21.5. The third-order valence-electron chi connectivity index (χ3n) is 7.23. The fourth-order valence-electron chi connectivity index (χ4n) is 5.81. The Morgan fingerprint density at radius 1 is 1.24 bits per heavy atom. The van der Waals surface area contributed by atoms with Crippen molar-refractivity contribution in [2.45, 2.75) is 84.6 Å². The predicted molar refractivity (Wildman–Crippen MR) is 136 cm³/mol. The van der Waals surface area contributed by atoms with E-state index in [4.69, 9.17) is 4.74 Å². The standard InChI is InChI=1S/C29H43NO4/c1-19(2)30(20(3)4)29(33)18-34-12-11-23-14-24-17-28(32)26(27(24)16-23)10-9-25(31)15-22-8-6-7-21(5)13-22/h6-10,13-14,19-20,24-28,31-32H,11-12,15-18H2,1-5H3/t24-,25+,26+,27-,28+/m0/s1. The highest BCUT2D eigenvalue weighted by molar-refractivity contribution is 5.78. The Kier molecular flexibility index (Phi) is 9.52. The van der Waals surface area contributed by atoms with Crippen molar-refractivity contribution in [3.05, 3.63) is 59.2 Å². The second-order valence-electron chi connectivity index (χ2n) is 10.7. The Labute approximate surface area is 205 Å². The lowest BCUT2D eigenvalue weighted by Crippen LogP contribution is -2.44. The molecule has 188 valence electrons. The number of nitrogens with zero attached hydrogens (tertiary/aromatic N) is 1. The molecule has 1 aromatic carbocycles. The number of hydrogen-bond acceptors (Lipinski definition) is 4. The topological polar surface area (TPSA) is 70.0 Å².